The summed E-state index contributed by atoms with van der Waals surface area (Å²) in [5.74, 6) is 0.587. The van der Waals surface area contributed by atoms with Crippen molar-refractivity contribution >= 4 is 5.69 Å². The Bertz CT molecular complexity index is 399. The third-order valence-corrected chi connectivity index (χ3v) is 3.91. The molecule has 1 aromatic carbocycles. The predicted octanol–water partition coefficient (Wildman–Crippen LogP) is 3.47. The van der Waals surface area contributed by atoms with Gasteiger partial charge in [0.15, 0.2) is 0 Å². The second-order valence-corrected chi connectivity index (χ2v) is 5.30. The number of rotatable bonds is 5. The van der Waals surface area contributed by atoms with E-state index < -0.39 is 0 Å². The van der Waals surface area contributed by atoms with Crippen molar-refractivity contribution in [2.75, 3.05) is 18.0 Å². The van der Waals surface area contributed by atoms with E-state index in [0.717, 1.165) is 24.7 Å². The zero-order valence-electron chi connectivity index (χ0n) is 11.3. The van der Waals surface area contributed by atoms with Gasteiger partial charge in [-0.15, -0.1) is 0 Å². The van der Waals surface area contributed by atoms with Crippen LogP contribution in [0.1, 0.15) is 44.7 Å². The molecule has 0 spiro atoms. The molecule has 0 radical (unpaired) electrons. The van der Waals surface area contributed by atoms with Gasteiger partial charge in [0.2, 0.25) is 0 Å². The van der Waals surface area contributed by atoms with Crippen LogP contribution in [0, 0.1) is 11.7 Å². The van der Waals surface area contributed by atoms with Crippen LogP contribution in [0.15, 0.2) is 18.2 Å². The molecule has 3 heteroatoms. The fraction of sp³-hybridized carbons (Fsp3) is 0.600. The molecule has 2 N–H and O–H groups in total. The van der Waals surface area contributed by atoms with E-state index in [1.807, 2.05) is 13.0 Å². The zero-order chi connectivity index (χ0) is 13.1. The summed E-state index contributed by atoms with van der Waals surface area (Å²) >= 11 is 0. The van der Waals surface area contributed by atoms with Gasteiger partial charge in [-0.05, 0) is 44.7 Å². The minimum Gasteiger partial charge on any atom is -0.371 e. The lowest BCUT2D eigenvalue weighted by atomic mass is 9.85. The molecule has 1 atom stereocenters. The van der Waals surface area contributed by atoms with Gasteiger partial charge >= 0.3 is 0 Å². The summed E-state index contributed by atoms with van der Waals surface area (Å²) in [6.45, 7) is 5.90. The molecule has 2 nitrogen and oxygen atoms in total. The van der Waals surface area contributed by atoms with Crippen molar-refractivity contribution < 1.29 is 4.39 Å². The fourth-order valence-corrected chi connectivity index (χ4v) is 2.64. The van der Waals surface area contributed by atoms with Crippen LogP contribution in [0.3, 0.4) is 0 Å². The maximum atomic E-state index is 13.9. The number of benzene rings is 1. The molecule has 1 aliphatic rings. The lowest BCUT2D eigenvalue weighted by Crippen LogP contribution is -2.33. The van der Waals surface area contributed by atoms with Gasteiger partial charge in [-0.1, -0.05) is 12.5 Å². The normalized spacial score (nSPS) is 17.3. The summed E-state index contributed by atoms with van der Waals surface area (Å²) in [5, 5.41) is 0. The second-order valence-electron chi connectivity index (χ2n) is 5.30. The molecule has 0 bridgehead atoms. The van der Waals surface area contributed by atoms with E-state index in [1.165, 1.54) is 25.3 Å². The molecule has 18 heavy (non-hydrogen) atoms. The first-order valence-electron chi connectivity index (χ1n) is 6.92. The van der Waals surface area contributed by atoms with Gasteiger partial charge in [0, 0.05) is 30.4 Å². The average Bonchev–Trinajstić information content (AvgIpc) is 2.27. The Balaban J connectivity index is 2.25. The van der Waals surface area contributed by atoms with E-state index in [4.69, 9.17) is 5.73 Å². The van der Waals surface area contributed by atoms with E-state index in [-0.39, 0.29) is 11.9 Å². The van der Waals surface area contributed by atoms with Crippen LogP contribution < -0.4 is 10.6 Å². The summed E-state index contributed by atoms with van der Waals surface area (Å²) in [5.41, 5.74) is 7.54. The van der Waals surface area contributed by atoms with Crippen molar-refractivity contribution in [3.8, 4) is 0 Å². The SMILES string of the molecule is CCN(CC1CCC1)c1cccc(F)c1[C@H](C)N. The molecular formula is C15H23FN2. The molecule has 1 aliphatic carbocycles. The smallest absolute Gasteiger partial charge is 0.130 e. The molecule has 100 valence electrons. The van der Waals surface area contributed by atoms with Crippen molar-refractivity contribution in [2.45, 2.75) is 39.2 Å². The van der Waals surface area contributed by atoms with E-state index in [2.05, 4.69) is 11.8 Å². The third-order valence-electron chi connectivity index (χ3n) is 3.91. The van der Waals surface area contributed by atoms with Gasteiger partial charge in [-0.25, -0.2) is 4.39 Å². The maximum Gasteiger partial charge on any atom is 0.130 e. The number of anilines is 1. The Morgan fingerprint density at radius 2 is 2.17 bits per heavy atom. The highest BCUT2D eigenvalue weighted by Gasteiger charge is 2.23. The monoisotopic (exact) mass is 250 g/mol. The van der Waals surface area contributed by atoms with Crippen LogP contribution in [0.5, 0.6) is 0 Å². The zero-order valence-corrected chi connectivity index (χ0v) is 11.3. The highest BCUT2D eigenvalue weighted by molar-refractivity contribution is 5.55. The van der Waals surface area contributed by atoms with E-state index >= 15 is 0 Å². The van der Waals surface area contributed by atoms with Crippen LogP contribution in [0.25, 0.3) is 0 Å². The summed E-state index contributed by atoms with van der Waals surface area (Å²) < 4.78 is 13.9. The standard InChI is InChI=1S/C15H23FN2/c1-3-18(10-12-6-4-7-12)14-9-5-8-13(16)15(14)11(2)17/h5,8-9,11-12H,3-4,6-7,10,17H2,1-2H3/t11-/m0/s1. The fourth-order valence-electron chi connectivity index (χ4n) is 2.64. The highest BCUT2D eigenvalue weighted by Crippen LogP contribution is 2.32. The van der Waals surface area contributed by atoms with Crippen LogP contribution in [-0.4, -0.2) is 13.1 Å². The van der Waals surface area contributed by atoms with Crippen LogP contribution >= 0.6 is 0 Å². The lowest BCUT2D eigenvalue weighted by molar-refractivity contribution is 0.318. The Morgan fingerprint density at radius 3 is 2.67 bits per heavy atom. The summed E-state index contributed by atoms with van der Waals surface area (Å²) in [7, 11) is 0. The first kappa shape index (κ1) is 13.3. The van der Waals surface area contributed by atoms with E-state index in [1.54, 1.807) is 6.07 Å². The van der Waals surface area contributed by atoms with Crippen molar-refractivity contribution in [3.05, 3.63) is 29.6 Å². The van der Waals surface area contributed by atoms with Crippen LogP contribution in [0.4, 0.5) is 10.1 Å². The van der Waals surface area contributed by atoms with Crippen LogP contribution in [0.2, 0.25) is 0 Å². The van der Waals surface area contributed by atoms with Crippen molar-refractivity contribution in [1.82, 2.24) is 0 Å². The number of halogens is 1. The molecule has 0 saturated heterocycles. The topological polar surface area (TPSA) is 29.3 Å². The van der Waals surface area contributed by atoms with Gasteiger partial charge in [0.1, 0.15) is 5.82 Å². The Morgan fingerprint density at radius 1 is 1.44 bits per heavy atom. The molecule has 0 aliphatic heterocycles. The number of nitrogens with two attached hydrogens (primary N) is 1. The Hall–Kier alpha value is -1.09. The van der Waals surface area contributed by atoms with Gasteiger partial charge in [0.25, 0.3) is 0 Å². The quantitative estimate of drug-likeness (QED) is 0.867. The average molecular weight is 250 g/mol. The second kappa shape index (κ2) is 5.70. The molecule has 2 rings (SSSR count). The number of hydrogen-bond donors (Lipinski definition) is 1. The van der Waals surface area contributed by atoms with Gasteiger partial charge in [-0.3, -0.25) is 0 Å². The van der Waals surface area contributed by atoms with Gasteiger partial charge in [-0.2, -0.15) is 0 Å². The molecule has 1 aromatic rings. The van der Waals surface area contributed by atoms with Crippen molar-refractivity contribution in [2.24, 2.45) is 11.7 Å². The minimum absolute atomic E-state index is 0.186. The molecule has 0 heterocycles. The molecule has 0 amide bonds. The molecule has 0 unspecified atom stereocenters. The maximum absolute atomic E-state index is 13.9. The first-order valence-corrected chi connectivity index (χ1v) is 6.92. The molecular weight excluding hydrogens is 227 g/mol. The summed E-state index contributed by atoms with van der Waals surface area (Å²) in [6.07, 6.45) is 3.95. The Labute approximate surface area is 109 Å². The van der Waals surface area contributed by atoms with Crippen molar-refractivity contribution in [3.63, 3.8) is 0 Å². The summed E-state index contributed by atoms with van der Waals surface area (Å²) in [4.78, 5) is 2.27. The molecule has 1 saturated carbocycles. The Kier molecular flexibility index (Phi) is 4.23. The predicted molar refractivity (Wildman–Crippen MR) is 74.2 cm³/mol. The molecule has 0 aromatic heterocycles. The lowest BCUT2D eigenvalue weighted by Gasteiger charge is -2.34. The van der Waals surface area contributed by atoms with Gasteiger partial charge in [0.05, 0.1) is 0 Å². The summed E-state index contributed by atoms with van der Waals surface area (Å²) in [6, 6.07) is 5.00. The first-order chi connectivity index (χ1) is 8.63. The van der Waals surface area contributed by atoms with Crippen LogP contribution in [-0.2, 0) is 0 Å². The number of nitrogens with zero attached hydrogens (tertiary/aromatic N) is 1. The van der Waals surface area contributed by atoms with E-state index in [0.29, 0.717) is 5.56 Å². The molecule has 1 fully saturated rings. The van der Waals surface area contributed by atoms with E-state index in [9.17, 15) is 4.39 Å². The van der Waals surface area contributed by atoms with Gasteiger partial charge < -0.3 is 10.6 Å². The highest BCUT2D eigenvalue weighted by atomic mass is 19.1. The van der Waals surface area contributed by atoms with Crippen molar-refractivity contribution in [1.29, 1.82) is 0 Å². The third kappa shape index (κ3) is 2.66. The largest absolute Gasteiger partial charge is 0.371 e. The minimum atomic E-state index is -0.267. The number of hydrogen-bond acceptors (Lipinski definition) is 2.